The molecule has 2 amide bonds. The molecule has 30 heavy (non-hydrogen) atoms. The van der Waals surface area contributed by atoms with E-state index in [0.717, 1.165) is 18.5 Å². The monoisotopic (exact) mass is 432 g/mol. The lowest BCUT2D eigenvalue weighted by Gasteiger charge is -2.25. The minimum Gasteiger partial charge on any atom is -0.491 e. The zero-order valence-electron chi connectivity index (χ0n) is 18.0. The molecule has 0 spiro atoms. The van der Waals surface area contributed by atoms with Crippen molar-refractivity contribution in [3.05, 3.63) is 46.2 Å². The maximum Gasteiger partial charge on any atom is 0.274 e. The third-order valence-electron chi connectivity index (χ3n) is 5.20. The third kappa shape index (κ3) is 5.14. The molecule has 0 aliphatic carbocycles. The number of hydrogen-bond acceptors (Lipinski definition) is 4. The van der Waals surface area contributed by atoms with Crippen LogP contribution in [0.1, 0.15) is 60.2 Å². The minimum absolute atomic E-state index is 0.113. The fourth-order valence-corrected chi connectivity index (χ4v) is 3.48. The number of nitrogens with zero attached hydrogens (tertiary/aromatic N) is 3. The van der Waals surface area contributed by atoms with Gasteiger partial charge in [0.2, 0.25) is 0 Å². The van der Waals surface area contributed by atoms with Crippen molar-refractivity contribution in [3.8, 4) is 5.75 Å². The topological polar surface area (TPSA) is 78.5 Å². The predicted octanol–water partition coefficient (Wildman–Crippen LogP) is 3.75. The Balaban J connectivity index is 1.79. The van der Waals surface area contributed by atoms with Crippen molar-refractivity contribution in [1.82, 2.24) is 20.0 Å². The third-order valence-corrected chi connectivity index (χ3v) is 5.44. The number of carbonyl (C=O) groups is 2. The van der Waals surface area contributed by atoms with E-state index in [0.29, 0.717) is 41.7 Å². The predicted molar refractivity (Wildman–Crippen MR) is 116 cm³/mol. The second kappa shape index (κ2) is 9.08. The van der Waals surface area contributed by atoms with E-state index < -0.39 is 0 Å². The number of nitrogens with one attached hydrogen (secondary N) is 1. The number of benzene rings is 1. The normalized spacial score (nSPS) is 16.4. The molecule has 0 unspecified atom stereocenters. The molecule has 2 heterocycles. The van der Waals surface area contributed by atoms with Gasteiger partial charge in [0.15, 0.2) is 0 Å². The number of fused-ring (bicyclic) bond motifs is 1. The van der Waals surface area contributed by atoms with Crippen LogP contribution in [0.2, 0.25) is 5.02 Å². The summed E-state index contributed by atoms with van der Waals surface area (Å²) in [5.41, 5.74) is 1.65. The number of hydrogen-bond donors (Lipinski definition) is 1. The summed E-state index contributed by atoms with van der Waals surface area (Å²) in [5, 5.41) is 7.69. The smallest absolute Gasteiger partial charge is 0.274 e. The molecule has 0 fully saturated rings. The molecule has 8 heteroatoms. The van der Waals surface area contributed by atoms with Crippen molar-refractivity contribution in [2.24, 2.45) is 0 Å². The van der Waals surface area contributed by atoms with E-state index in [4.69, 9.17) is 16.3 Å². The number of rotatable bonds is 1. The van der Waals surface area contributed by atoms with E-state index in [9.17, 15) is 9.59 Å². The zero-order chi connectivity index (χ0) is 21.9. The summed E-state index contributed by atoms with van der Waals surface area (Å²) in [6.07, 6.45) is 1.57. The fraction of sp³-hybridized carbons (Fsp3) is 0.500. The van der Waals surface area contributed by atoms with Crippen molar-refractivity contribution in [2.75, 3.05) is 33.3 Å². The van der Waals surface area contributed by atoms with Crippen LogP contribution in [0.15, 0.2) is 24.3 Å². The number of halogens is 1. The van der Waals surface area contributed by atoms with Crippen LogP contribution in [0.25, 0.3) is 0 Å². The molecule has 162 valence electrons. The Morgan fingerprint density at radius 1 is 1.17 bits per heavy atom. The van der Waals surface area contributed by atoms with Gasteiger partial charge >= 0.3 is 0 Å². The highest BCUT2D eigenvalue weighted by molar-refractivity contribution is 6.31. The Hall–Kier alpha value is -2.54. The molecule has 0 bridgehead atoms. The molecule has 0 saturated heterocycles. The molecule has 7 nitrogen and oxygen atoms in total. The number of aromatic nitrogens is 2. The van der Waals surface area contributed by atoms with E-state index >= 15 is 0 Å². The van der Waals surface area contributed by atoms with Crippen LogP contribution in [0.5, 0.6) is 5.75 Å². The standard InChI is InChI=1S/C22H29ClN4O3/c1-22(2,3)19-14-17(24-25-19)21(29)27-10-6-5-9-26(4)20(28)16-13-15(23)7-8-18(16)30-12-11-27/h7-8,13-14H,5-6,9-12H2,1-4H3,(H,24,25). The molecule has 1 N–H and O–H groups in total. The molecule has 1 aromatic heterocycles. The highest BCUT2D eigenvalue weighted by Gasteiger charge is 2.24. The highest BCUT2D eigenvalue weighted by atomic mass is 35.5. The first kappa shape index (κ1) is 22.2. The average Bonchev–Trinajstić information content (AvgIpc) is 3.19. The Morgan fingerprint density at radius 3 is 2.60 bits per heavy atom. The van der Waals surface area contributed by atoms with Gasteiger partial charge in [-0.15, -0.1) is 0 Å². The molecule has 1 aliphatic rings. The van der Waals surface area contributed by atoms with E-state index in [2.05, 4.69) is 31.0 Å². The first-order valence-corrected chi connectivity index (χ1v) is 10.6. The van der Waals surface area contributed by atoms with Gasteiger partial charge in [-0.2, -0.15) is 5.10 Å². The van der Waals surface area contributed by atoms with Crippen LogP contribution in [-0.2, 0) is 5.41 Å². The quantitative estimate of drug-likeness (QED) is 0.744. The molecular formula is C22H29ClN4O3. The van der Waals surface area contributed by atoms with Crippen LogP contribution in [0, 0.1) is 0 Å². The largest absolute Gasteiger partial charge is 0.491 e. The summed E-state index contributed by atoms with van der Waals surface area (Å²) in [6, 6.07) is 6.84. The Kier molecular flexibility index (Phi) is 6.71. The summed E-state index contributed by atoms with van der Waals surface area (Å²) in [5.74, 6) is 0.231. The summed E-state index contributed by atoms with van der Waals surface area (Å²) < 4.78 is 5.88. The lowest BCUT2D eigenvalue weighted by Crippen LogP contribution is -2.37. The van der Waals surface area contributed by atoms with Crippen LogP contribution >= 0.6 is 11.6 Å². The maximum atomic E-state index is 13.1. The summed E-state index contributed by atoms with van der Waals surface area (Å²) >= 11 is 6.09. The SMILES string of the molecule is CN1CCCCN(C(=O)c2cc(C(C)(C)C)[nH]n2)CCOc2ccc(Cl)cc2C1=O. The summed E-state index contributed by atoms with van der Waals surface area (Å²) in [6.45, 7) is 8.05. The zero-order valence-corrected chi connectivity index (χ0v) is 18.8. The molecule has 0 radical (unpaired) electrons. The molecule has 1 aliphatic heterocycles. The maximum absolute atomic E-state index is 13.1. The van der Waals surface area contributed by atoms with Gasteiger partial charge in [0.1, 0.15) is 18.1 Å². The lowest BCUT2D eigenvalue weighted by atomic mass is 9.92. The number of H-pyrrole nitrogens is 1. The van der Waals surface area contributed by atoms with E-state index in [1.54, 1.807) is 35.0 Å². The van der Waals surface area contributed by atoms with Gasteiger partial charge in [0.05, 0.1) is 12.1 Å². The van der Waals surface area contributed by atoms with Crippen molar-refractivity contribution in [3.63, 3.8) is 0 Å². The molecule has 3 rings (SSSR count). The van der Waals surface area contributed by atoms with Gasteiger partial charge in [-0.3, -0.25) is 14.7 Å². The first-order chi connectivity index (χ1) is 14.2. The second-order valence-electron chi connectivity index (χ2n) is 8.63. The van der Waals surface area contributed by atoms with E-state index in [1.165, 1.54) is 0 Å². The number of amides is 2. The van der Waals surface area contributed by atoms with Gasteiger partial charge in [-0.25, -0.2) is 0 Å². The van der Waals surface area contributed by atoms with Gasteiger partial charge in [0.25, 0.3) is 11.8 Å². The summed E-state index contributed by atoms with van der Waals surface area (Å²) in [7, 11) is 1.76. The number of ether oxygens (including phenoxy) is 1. The first-order valence-electron chi connectivity index (χ1n) is 10.2. The minimum atomic E-state index is -0.122. The van der Waals surface area contributed by atoms with Crippen LogP contribution in [0.3, 0.4) is 0 Å². The van der Waals surface area contributed by atoms with Crippen molar-refractivity contribution in [2.45, 2.75) is 39.0 Å². The van der Waals surface area contributed by atoms with E-state index in [-0.39, 0.29) is 23.8 Å². The summed E-state index contributed by atoms with van der Waals surface area (Å²) in [4.78, 5) is 29.3. The molecule has 0 saturated carbocycles. The van der Waals surface area contributed by atoms with Gasteiger partial charge in [-0.1, -0.05) is 32.4 Å². The average molecular weight is 433 g/mol. The van der Waals surface area contributed by atoms with Crippen LogP contribution in [0.4, 0.5) is 0 Å². The van der Waals surface area contributed by atoms with E-state index in [1.807, 2.05) is 6.07 Å². The lowest BCUT2D eigenvalue weighted by molar-refractivity contribution is 0.0699. The molecule has 0 atom stereocenters. The Bertz CT molecular complexity index is 919. The number of carbonyl (C=O) groups excluding carboxylic acids is 2. The number of aromatic amines is 1. The van der Waals surface area contributed by atoms with Gasteiger partial charge in [-0.05, 0) is 37.1 Å². The molecule has 2 aromatic rings. The van der Waals surface area contributed by atoms with Crippen LogP contribution in [-0.4, -0.2) is 65.1 Å². The van der Waals surface area contributed by atoms with Crippen molar-refractivity contribution < 1.29 is 14.3 Å². The van der Waals surface area contributed by atoms with Gasteiger partial charge < -0.3 is 14.5 Å². The highest BCUT2D eigenvalue weighted by Crippen LogP contribution is 2.25. The van der Waals surface area contributed by atoms with Crippen LogP contribution < -0.4 is 4.74 Å². The molecular weight excluding hydrogens is 404 g/mol. The van der Waals surface area contributed by atoms with Gasteiger partial charge in [0, 0.05) is 36.3 Å². The molecule has 1 aromatic carbocycles. The van der Waals surface area contributed by atoms with Crippen molar-refractivity contribution in [1.29, 1.82) is 0 Å². The second-order valence-corrected chi connectivity index (χ2v) is 9.07. The Morgan fingerprint density at radius 2 is 1.90 bits per heavy atom. The van der Waals surface area contributed by atoms with Crippen molar-refractivity contribution >= 4 is 23.4 Å². The fourth-order valence-electron chi connectivity index (χ4n) is 3.31. The Labute approximate surface area is 182 Å².